The van der Waals surface area contributed by atoms with Gasteiger partial charge in [-0.3, -0.25) is 14.4 Å². The first-order valence-corrected chi connectivity index (χ1v) is 14.5. The lowest BCUT2D eigenvalue weighted by atomic mass is 10.2. The van der Waals surface area contributed by atoms with Gasteiger partial charge in [0.15, 0.2) is 0 Å². The number of ether oxygens (including phenoxy) is 5. The first kappa shape index (κ1) is 43.0. The van der Waals surface area contributed by atoms with Crippen molar-refractivity contribution in [2.45, 2.75) is 25.6 Å². The van der Waals surface area contributed by atoms with E-state index in [9.17, 15) is 32.3 Å². The van der Waals surface area contributed by atoms with Crippen LogP contribution in [0.15, 0.2) is 30.3 Å². The molecule has 0 atom stereocenters. The topological polar surface area (TPSA) is 226 Å². The molecule has 19 heteroatoms. The quantitative estimate of drug-likeness (QED) is 0.0773. The Morgan fingerprint density at radius 3 is 1.68 bits per heavy atom. The van der Waals surface area contributed by atoms with Gasteiger partial charge in [-0.05, 0) is 12.0 Å². The van der Waals surface area contributed by atoms with Crippen molar-refractivity contribution in [3.05, 3.63) is 35.9 Å². The minimum absolute atomic E-state index is 0.0508. The molecule has 47 heavy (non-hydrogen) atoms. The van der Waals surface area contributed by atoms with Crippen molar-refractivity contribution in [2.75, 3.05) is 85.6 Å². The zero-order valence-corrected chi connectivity index (χ0v) is 25.9. The number of carbonyl (C=O) groups is 5. The Hall–Kier alpha value is -4.04. The molecule has 0 saturated carbocycles. The summed E-state index contributed by atoms with van der Waals surface area (Å²) in [6.07, 6.45) is -4.85. The summed E-state index contributed by atoms with van der Waals surface area (Å²) in [6, 6.07) is 9.36. The molecule has 0 fully saturated rings. The number of rotatable bonds is 24. The second kappa shape index (κ2) is 28.2. The first-order chi connectivity index (χ1) is 22.5. The molecule has 268 valence electrons. The van der Waals surface area contributed by atoms with E-state index in [1.54, 1.807) is 0 Å². The van der Waals surface area contributed by atoms with Crippen molar-refractivity contribution in [3.63, 3.8) is 0 Å². The predicted molar refractivity (Wildman–Crippen MR) is 159 cm³/mol. The predicted octanol–water partition coefficient (Wildman–Crippen LogP) is -0.300. The van der Waals surface area contributed by atoms with Crippen molar-refractivity contribution in [1.29, 1.82) is 0 Å². The van der Waals surface area contributed by atoms with Gasteiger partial charge in [-0.25, -0.2) is 9.59 Å². The van der Waals surface area contributed by atoms with E-state index < -0.39 is 18.2 Å². The number of halogens is 3. The van der Waals surface area contributed by atoms with Gasteiger partial charge in [-0.15, -0.1) is 0 Å². The van der Waals surface area contributed by atoms with Gasteiger partial charge in [0, 0.05) is 39.1 Å². The summed E-state index contributed by atoms with van der Waals surface area (Å²) in [4.78, 5) is 55.4. The van der Waals surface area contributed by atoms with Crippen LogP contribution in [0.25, 0.3) is 0 Å². The second-order valence-corrected chi connectivity index (χ2v) is 9.06. The molecule has 0 radical (unpaired) electrons. The highest BCUT2D eigenvalue weighted by Crippen LogP contribution is 2.13. The molecule has 0 aliphatic rings. The van der Waals surface area contributed by atoms with Gasteiger partial charge in [-0.2, -0.15) is 13.2 Å². The van der Waals surface area contributed by atoms with E-state index in [0.717, 1.165) is 5.56 Å². The molecular formula is C28H44F3N5O11. The SMILES string of the molecule is NCCNC(=O)COCCOCCNC(=O)COCCOCCNC(=O)CCCNC(=O)OCc1ccccc1.O=C(O)C(F)(F)F. The monoisotopic (exact) mass is 683 g/mol. The Morgan fingerprint density at radius 2 is 1.17 bits per heavy atom. The molecule has 0 unspecified atom stereocenters. The van der Waals surface area contributed by atoms with E-state index in [1.165, 1.54) is 0 Å². The zero-order valence-electron chi connectivity index (χ0n) is 25.9. The normalized spacial score (nSPS) is 10.6. The largest absolute Gasteiger partial charge is 0.490 e. The lowest BCUT2D eigenvalue weighted by Crippen LogP contribution is -2.32. The third-order valence-electron chi connectivity index (χ3n) is 5.12. The van der Waals surface area contributed by atoms with E-state index in [0.29, 0.717) is 59.0 Å². The molecule has 0 aliphatic heterocycles. The van der Waals surface area contributed by atoms with Crippen molar-refractivity contribution in [3.8, 4) is 0 Å². The zero-order chi connectivity index (χ0) is 35.2. The standard InChI is InChI=1S/C26H43N5O9.C2HF3O2/c27-8-10-28-24(33)20-38-17-16-37-14-12-30-25(34)21-39-18-15-36-13-11-29-23(32)7-4-9-31-26(35)40-19-22-5-2-1-3-6-22;3-2(4,5)1(6)7/h1-3,5-6H,4,7-21,27H2,(H,28,33)(H,29,32)(H,30,34)(H,31,35);(H,6,7). The number of hydrogen-bond acceptors (Lipinski definition) is 11. The van der Waals surface area contributed by atoms with Crippen LogP contribution in [0.4, 0.5) is 18.0 Å². The van der Waals surface area contributed by atoms with Gasteiger partial charge in [-0.1, -0.05) is 30.3 Å². The molecule has 0 saturated heterocycles. The van der Waals surface area contributed by atoms with Crippen LogP contribution >= 0.6 is 0 Å². The number of nitrogens with two attached hydrogens (primary N) is 1. The average Bonchev–Trinajstić information content (AvgIpc) is 3.03. The van der Waals surface area contributed by atoms with E-state index in [2.05, 4.69) is 21.3 Å². The van der Waals surface area contributed by atoms with Gasteiger partial charge < -0.3 is 55.8 Å². The van der Waals surface area contributed by atoms with Crippen LogP contribution in [0.2, 0.25) is 0 Å². The van der Waals surface area contributed by atoms with E-state index in [4.69, 9.17) is 39.3 Å². The van der Waals surface area contributed by atoms with Gasteiger partial charge >= 0.3 is 18.2 Å². The lowest BCUT2D eigenvalue weighted by Gasteiger charge is -2.09. The van der Waals surface area contributed by atoms with E-state index >= 15 is 0 Å². The number of amides is 4. The van der Waals surface area contributed by atoms with E-state index in [-0.39, 0.29) is 63.8 Å². The Balaban J connectivity index is 0.00000270. The molecule has 1 aromatic rings. The van der Waals surface area contributed by atoms with Crippen LogP contribution in [-0.2, 0) is 49.5 Å². The minimum Gasteiger partial charge on any atom is -0.475 e. The highest BCUT2D eigenvalue weighted by atomic mass is 19.4. The summed E-state index contributed by atoms with van der Waals surface area (Å²) in [5.74, 6) is -3.40. The fourth-order valence-corrected chi connectivity index (χ4v) is 2.91. The van der Waals surface area contributed by atoms with Crippen molar-refractivity contribution < 1.29 is 65.9 Å². The van der Waals surface area contributed by atoms with Crippen LogP contribution < -0.4 is 27.0 Å². The fourth-order valence-electron chi connectivity index (χ4n) is 2.91. The maximum atomic E-state index is 11.8. The van der Waals surface area contributed by atoms with Crippen LogP contribution in [0, 0.1) is 0 Å². The summed E-state index contributed by atoms with van der Waals surface area (Å²) >= 11 is 0. The smallest absolute Gasteiger partial charge is 0.475 e. The number of alkyl halides is 3. The van der Waals surface area contributed by atoms with Crippen molar-refractivity contribution in [1.82, 2.24) is 21.3 Å². The van der Waals surface area contributed by atoms with E-state index in [1.807, 2.05) is 30.3 Å². The Kier molecular flexibility index (Phi) is 25.8. The molecule has 0 bridgehead atoms. The van der Waals surface area contributed by atoms with Crippen molar-refractivity contribution >= 4 is 29.8 Å². The number of carboxylic acids is 1. The Labute approximate surface area is 270 Å². The molecule has 0 aromatic heterocycles. The maximum Gasteiger partial charge on any atom is 0.490 e. The van der Waals surface area contributed by atoms with Gasteiger partial charge in [0.2, 0.25) is 17.7 Å². The number of nitrogens with one attached hydrogen (secondary N) is 4. The molecule has 0 aliphatic carbocycles. The van der Waals surface area contributed by atoms with Crippen LogP contribution in [0.3, 0.4) is 0 Å². The molecule has 0 heterocycles. The summed E-state index contributed by atoms with van der Waals surface area (Å²) in [5.41, 5.74) is 6.18. The Bertz CT molecular complexity index is 1020. The summed E-state index contributed by atoms with van der Waals surface area (Å²) in [6.45, 7) is 3.54. The number of carboxylic acid groups (broad SMARTS) is 1. The third kappa shape index (κ3) is 29.1. The molecule has 16 nitrogen and oxygen atoms in total. The number of carbonyl (C=O) groups excluding carboxylic acids is 4. The minimum atomic E-state index is -5.08. The van der Waals surface area contributed by atoms with Crippen LogP contribution in [0.5, 0.6) is 0 Å². The highest BCUT2D eigenvalue weighted by molar-refractivity contribution is 5.77. The molecule has 4 amide bonds. The first-order valence-electron chi connectivity index (χ1n) is 14.5. The van der Waals surface area contributed by atoms with Gasteiger partial charge in [0.1, 0.15) is 19.8 Å². The fraction of sp³-hybridized carbons (Fsp3) is 0.607. The molecule has 1 rings (SSSR count). The number of alkyl carbamates (subject to hydrolysis) is 1. The molecular weight excluding hydrogens is 639 g/mol. The number of aliphatic carboxylic acids is 1. The van der Waals surface area contributed by atoms with Crippen molar-refractivity contribution in [2.24, 2.45) is 5.73 Å². The summed E-state index contributed by atoms with van der Waals surface area (Å²) in [5, 5.41) is 17.7. The third-order valence-corrected chi connectivity index (χ3v) is 5.12. The average molecular weight is 684 g/mol. The Morgan fingerprint density at radius 1 is 0.681 bits per heavy atom. The lowest BCUT2D eigenvalue weighted by molar-refractivity contribution is -0.192. The van der Waals surface area contributed by atoms with Crippen LogP contribution in [-0.4, -0.2) is 127 Å². The second-order valence-electron chi connectivity index (χ2n) is 9.06. The maximum absolute atomic E-state index is 11.8. The highest BCUT2D eigenvalue weighted by Gasteiger charge is 2.38. The molecule has 7 N–H and O–H groups in total. The summed E-state index contributed by atoms with van der Waals surface area (Å²) in [7, 11) is 0. The number of benzene rings is 1. The summed E-state index contributed by atoms with van der Waals surface area (Å²) < 4.78 is 57.9. The molecule has 1 aromatic carbocycles. The number of hydrogen-bond donors (Lipinski definition) is 6. The van der Waals surface area contributed by atoms with Gasteiger partial charge in [0.05, 0.1) is 39.6 Å². The molecule has 0 spiro atoms. The van der Waals surface area contributed by atoms with Crippen LogP contribution in [0.1, 0.15) is 18.4 Å². The van der Waals surface area contributed by atoms with Gasteiger partial charge in [0.25, 0.3) is 0 Å².